The third-order valence-electron chi connectivity index (χ3n) is 4.53. The molecule has 6 heteroatoms. The smallest absolute Gasteiger partial charge is 0.204 e. The van der Waals surface area contributed by atoms with Crippen LogP contribution in [-0.2, 0) is 0 Å². The van der Waals surface area contributed by atoms with Crippen molar-refractivity contribution in [3.63, 3.8) is 0 Å². The van der Waals surface area contributed by atoms with Crippen molar-refractivity contribution in [2.75, 3.05) is 7.11 Å². The summed E-state index contributed by atoms with van der Waals surface area (Å²) < 4.78 is 17.2. The second-order valence-electron chi connectivity index (χ2n) is 6.91. The lowest BCUT2D eigenvalue weighted by Gasteiger charge is -2.28. The zero-order valence-electron chi connectivity index (χ0n) is 15.1. The van der Waals surface area contributed by atoms with Crippen molar-refractivity contribution in [3.8, 4) is 34.1 Å². The molecular formula is C21H18O6. The first kappa shape index (κ1) is 17.0. The number of ether oxygens (including phenoxy) is 2. The van der Waals surface area contributed by atoms with Crippen LogP contribution in [0.4, 0.5) is 0 Å². The maximum Gasteiger partial charge on any atom is 0.204 e. The maximum absolute atomic E-state index is 13.2. The molecule has 1 aliphatic heterocycles. The third-order valence-corrected chi connectivity index (χ3v) is 4.53. The largest absolute Gasteiger partial charge is 0.508 e. The quantitative estimate of drug-likeness (QED) is 0.711. The zero-order valence-corrected chi connectivity index (χ0v) is 15.1. The van der Waals surface area contributed by atoms with Crippen molar-refractivity contribution in [3.05, 3.63) is 52.4 Å². The summed E-state index contributed by atoms with van der Waals surface area (Å²) in [6, 6.07) is 5.68. The molecule has 0 saturated heterocycles. The van der Waals surface area contributed by atoms with Gasteiger partial charge in [-0.2, -0.15) is 0 Å². The number of aromatic hydroxyl groups is 2. The molecule has 1 aromatic heterocycles. The Morgan fingerprint density at radius 2 is 1.89 bits per heavy atom. The highest BCUT2D eigenvalue weighted by Gasteiger charge is 2.27. The van der Waals surface area contributed by atoms with Crippen molar-refractivity contribution in [1.82, 2.24) is 0 Å². The van der Waals surface area contributed by atoms with Crippen LogP contribution >= 0.6 is 0 Å². The fourth-order valence-electron chi connectivity index (χ4n) is 3.21. The number of hydrogen-bond acceptors (Lipinski definition) is 6. The number of rotatable bonds is 2. The van der Waals surface area contributed by atoms with Gasteiger partial charge < -0.3 is 24.1 Å². The van der Waals surface area contributed by atoms with Crippen LogP contribution in [0.15, 0.2) is 45.8 Å². The summed E-state index contributed by atoms with van der Waals surface area (Å²) in [5.74, 6) is 0.570. The Bertz CT molecular complexity index is 1150. The van der Waals surface area contributed by atoms with Crippen LogP contribution in [-0.4, -0.2) is 22.9 Å². The molecule has 138 valence electrons. The number of phenols is 2. The molecule has 2 aromatic carbocycles. The van der Waals surface area contributed by atoms with Gasteiger partial charge in [-0.05, 0) is 38.1 Å². The predicted molar refractivity (Wildman–Crippen MR) is 102 cm³/mol. The molecule has 0 saturated carbocycles. The van der Waals surface area contributed by atoms with Crippen LogP contribution < -0.4 is 14.9 Å². The van der Waals surface area contributed by atoms with E-state index in [1.807, 2.05) is 26.0 Å². The molecular weight excluding hydrogens is 348 g/mol. The molecule has 0 radical (unpaired) electrons. The molecule has 0 fully saturated rings. The predicted octanol–water partition coefficient (Wildman–Crippen LogP) is 4.06. The number of phenolic OH excluding ortho intramolecular Hbond substituents is 2. The Balaban J connectivity index is 2.03. The lowest BCUT2D eigenvalue weighted by molar-refractivity contribution is 0.158. The normalized spacial score (nSPS) is 14.6. The van der Waals surface area contributed by atoms with E-state index >= 15 is 0 Å². The average molecular weight is 366 g/mol. The van der Waals surface area contributed by atoms with Crippen molar-refractivity contribution >= 4 is 17.0 Å². The summed E-state index contributed by atoms with van der Waals surface area (Å²) in [6.45, 7) is 3.85. The third kappa shape index (κ3) is 2.70. The lowest BCUT2D eigenvalue weighted by atomic mass is 9.98. The molecule has 0 spiro atoms. The summed E-state index contributed by atoms with van der Waals surface area (Å²) in [5, 5.41) is 19.9. The van der Waals surface area contributed by atoms with Gasteiger partial charge in [-0.3, -0.25) is 4.79 Å². The molecule has 0 atom stereocenters. The molecule has 0 bridgehead atoms. The summed E-state index contributed by atoms with van der Waals surface area (Å²) in [5.41, 5.74) is 0.599. The molecule has 4 rings (SSSR count). The highest BCUT2D eigenvalue weighted by atomic mass is 16.5. The van der Waals surface area contributed by atoms with Crippen LogP contribution in [0, 0.1) is 0 Å². The van der Waals surface area contributed by atoms with Crippen molar-refractivity contribution < 1.29 is 24.1 Å². The standard InChI is InChI=1S/C21H18O6/c1-21(2)7-6-13-16(27-21)9-17(25-3)18-19(24)14(10-26-20(13)18)12-5-4-11(22)8-15(12)23/h4-10,22-23H,1-3H3. The number of methoxy groups -OCH3 is 1. The van der Waals surface area contributed by atoms with Crippen LogP contribution in [0.2, 0.25) is 0 Å². The molecule has 6 nitrogen and oxygen atoms in total. The van der Waals surface area contributed by atoms with Gasteiger partial charge in [0.05, 0.1) is 18.2 Å². The van der Waals surface area contributed by atoms with E-state index in [1.165, 1.54) is 31.6 Å². The van der Waals surface area contributed by atoms with E-state index in [9.17, 15) is 15.0 Å². The zero-order chi connectivity index (χ0) is 19.3. The second-order valence-corrected chi connectivity index (χ2v) is 6.91. The van der Waals surface area contributed by atoms with Crippen LogP contribution in [0.3, 0.4) is 0 Å². The number of benzene rings is 2. The van der Waals surface area contributed by atoms with Crippen LogP contribution in [0.25, 0.3) is 28.2 Å². The van der Waals surface area contributed by atoms with E-state index in [4.69, 9.17) is 13.9 Å². The average Bonchev–Trinajstić information content (AvgIpc) is 2.60. The topological polar surface area (TPSA) is 89.1 Å². The van der Waals surface area contributed by atoms with E-state index < -0.39 is 5.60 Å². The first-order valence-corrected chi connectivity index (χ1v) is 8.38. The van der Waals surface area contributed by atoms with Gasteiger partial charge in [0.2, 0.25) is 5.43 Å². The Kier molecular flexibility index (Phi) is 3.66. The first-order chi connectivity index (χ1) is 12.8. The Morgan fingerprint density at radius 1 is 1.11 bits per heavy atom. The minimum Gasteiger partial charge on any atom is -0.508 e. The van der Waals surface area contributed by atoms with Gasteiger partial charge in [0.25, 0.3) is 0 Å². The van der Waals surface area contributed by atoms with E-state index in [0.717, 1.165) is 0 Å². The van der Waals surface area contributed by atoms with Gasteiger partial charge >= 0.3 is 0 Å². The molecule has 3 aromatic rings. The van der Waals surface area contributed by atoms with Gasteiger partial charge in [0.15, 0.2) is 5.58 Å². The van der Waals surface area contributed by atoms with E-state index in [-0.39, 0.29) is 33.4 Å². The van der Waals surface area contributed by atoms with E-state index in [2.05, 4.69) is 0 Å². The van der Waals surface area contributed by atoms with Crippen molar-refractivity contribution in [2.45, 2.75) is 19.4 Å². The monoisotopic (exact) mass is 366 g/mol. The highest BCUT2D eigenvalue weighted by Crippen LogP contribution is 2.41. The molecule has 1 aliphatic rings. The Morgan fingerprint density at radius 3 is 2.59 bits per heavy atom. The summed E-state index contributed by atoms with van der Waals surface area (Å²) in [7, 11) is 1.47. The van der Waals surface area contributed by atoms with Gasteiger partial charge in [-0.1, -0.05) is 0 Å². The molecule has 0 unspecified atom stereocenters. The summed E-state index contributed by atoms with van der Waals surface area (Å²) in [6.07, 6.45) is 5.05. The van der Waals surface area contributed by atoms with Crippen molar-refractivity contribution in [2.24, 2.45) is 0 Å². The van der Waals surface area contributed by atoms with Crippen molar-refractivity contribution in [1.29, 1.82) is 0 Å². The minimum absolute atomic E-state index is 0.0991. The Hall–Kier alpha value is -3.41. The van der Waals surface area contributed by atoms with Crippen LogP contribution in [0.1, 0.15) is 19.4 Å². The van der Waals surface area contributed by atoms with Gasteiger partial charge in [0, 0.05) is 17.7 Å². The molecule has 0 amide bonds. The highest BCUT2D eigenvalue weighted by molar-refractivity contribution is 5.95. The molecule has 2 N–H and O–H groups in total. The van der Waals surface area contributed by atoms with E-state index in [1.54, 1.807) is 6.07 Å². The first-order valence-electron chi connectivity index (χ1n) is 8.38. The second kappa shape index (κ2) is 5.81. The fourth-order valence-corrected chi connectivity index (χ4v) is 3.21. The number of fused-ring (bicyclic) bond motifs is 3. The van der Waals surface area contributed by atoms with Gasteiger partial charge in [-0.15, -0.1) is 0 Å². The van der Waals surface area contributed by atoms with E-state index in [0.29, 0.717) is 22.6 Å². The van der Waals surface area contributed by atoms with Gasteiger partial charge in [0.1, 0.15) is 40.2 Å². The van der Waals surface area contributed by atoms with Gasteiger partial charge in [-0.25, -0.2) is 0 Å². The Labute approximate surface area is 154 Å². The SMILES string of the molecule is COc1cc2c(c3occ(-c4ccc(O)cc4O)c(=O)c13)C=CC(C)(C)O2. The lowest BCUT2D eigenvalue weighted by Crippen LogP contribution is -2.27. The summed E-state index contributed by atoms with van der Waals surface area (Å²) in [4.78, 5) is 13.2. The minimum atomic E-state index is -0.482. The molecule has 0 aliphatic carbocycles. The molecule has 2 heterocycles. The fraction of sp³-hybridized carbons (Fsp3) is 0.190. The molecule has 27 heavy (non-hydrogen) atoms. The summed E-state index contributed by atoms with van der Waals surface area (Å²) >= 11 is 0. The maximum atomic E-state index is 13.2. The van der Waals surface area contributed by atoms with Crippen LogP contribution in [0.5, 0.6) is 23.0 Å². The number of hydrogen-bond donors (Lipinski definition) is 2.